The van der Waals surface area contributed by atoms with Crippen LogP contribution in [0.2, 0.25) is 0 Å². The summed E-state index contributed by atoms with van der Waals surface area (Å²) in [6, 6.07) is 68.4. The highest BCUT2D eigenvalue weighted by molar-refractivity contribution is 8.03. The standard InChI is InChI=1S/C9H7NO.C9H9N.C8H8N2.C8H7NO2S.C8H5NO2.C8H7NO.C8H7NS.C7H5NOS.C6H5N3.C5H4N4.20C2H6/c1-6-9(11)7-4-2-3-5-8(7)10-6;1-7-6-8-4-2-3-5-9(8)10-7;1-6-9-7-4-2-3-5-8(7)10-6;1-12(11)7-5-3-2-4-6(7)8(10)9-12;10-7-5-3-1-2-4-6(5)8(11)9-7;2*1-6-9-7-4-2-3-5-8(7)10-6;9-7-5-3-1-2-4-6(5)10-8-7;1-2-4-6-5(3-1)7-9-8-6;1-4-2-8-9-5(4)7-3-6-1;20*1-2/h2-5,10H,1H2;2-5,10H,1,6H2;2-5,9-10H,1H2;2-5H,1H2,(H,9,10,11);1-4H,(H,9,10,11);2*2-5,9H,1H2;1-4H,(H,8,9);1-4H,(H,7,8,9);1-3H,(H,6,7,8,9);20*1-2H3. The van der Waals surface area contributed by atoms with Crippen LogP contribution in [-0.4, -0.2) is 73.5 Å². The summed E-state index contributed by atoms with van der Waals surface area (Å²) >= 11 is 3.06. The Labute approximate surface area is 868 Å². The van der Waals surface area contributed by atoms with Gasteiger partial charge in [-0.15, -0.1) is 0 Å². The zero-order valence-electron chi connectivity index (χ0n) is 94.3. The fourth-order valence-electron chi connectivity index (χ4n) is 10.1. The predicted octanol–water partition coefficient (Wildman–Crippen LogP) is 35.0. The van der Waals surface area contributed by atoms with E-state index in [2.05, 4.69) is 151 Å². The lowest BCUT2D eigenvalue weighted by atomic mass is 10.1. The van der Waals surface area contributed by atoms with E-state index in [1.165, 1.54) is 39.7 Å². The number of aromatic nitrogens is 8. The van der Waals surface area contributed by atoms with Crippen molar-refractivity contribution in [2.45, 2.75) is 293 Å². The molecule has 1 unspecified atom stereocenters. The minimum Gasteiger partial charge on any atom is -0.440 e. The normalized spacial score (nSPS) is 11.4. The van der Waals surface area contributed by atoms with Gasteiger partial charge in [-0.05, 0) is 121 Å². The first-order chi connectivity index (χ1) is 69.4. The Balaban J connectivity index is -0.000000164. The number of nitrogens with one attached hydrogen (secondary N) is 11. The van der Waals surface area contributed by atoms with E-state index < -0.39 is 9.71 Å². The fourth-order valence-corrected chi connectivity index (χ4v) is 13.0. The number of fused-ring (bicyclic) bond motifs is 10. The summed E-state index contributed by atoms with van der Waals surface area (Å²) in [6.07, 6.45) is 5.87. The van der Waals surface area contributed by atoms with Crippen LogP contribution in [0.1, 0.15) is 324 Å². The predicted molar refractivity (Wildman–Crippen MR) is 635 cm³/mol. The molecule has 20 rings (SSSR count). The van der Waals surface area contributed by atoms with E-state index in [0.29, 0.717) is 33.2 Å². The highest BCUT2D eigenvalue weighted by Gasteiger charge is 2.27. The van der Waals surface area contributed by atoms with Crippen LogP contribution in [0.4, 0.5) is 34.1 Å². The molecule has 0 radical (unpaired) electrons. The van der Waals surface area contributed by atoms with Crippen LogP contribution in [0.5, 0.6) is 5.75 Å². The summed E-state index contributed by atoms with van der Waals surface area (Å²) in [5, 5.41) is 40.2. The number of ketones is 1. The summed E-state index contributed by atoms with van der Waals surface area (Å²) < 4.78 is 22.8. The van der Waals surface area contributed by atoms with E-state index in [-0.39, 0.29) is 29.1 Å². The van der Waals surface area contributed by atoms with Gasteiger partial charge in [-0.3, -0.25) is 43.5 Å². The summed E-state index contributed by atoms with van der Waals surface area (Å²) in [5.74, 6) is 4.86. The van der Waals surface area contributed by atoms with Crippen molar-refractivity contribution in [3.8, 4) is 5.75 Å². The first-order valence-corrected chi connectivity index (χ1v) is 54.3. The maximum atomic E-state index is 11.6. The lowest BCUT2D eigenvalue weighted by Crippen LogP contribution is -2.20. The Bertz CT molecular complexity index is 5040. The Morgan fingerprint density at radius 3 is 1.24 bits per heavy atom. The van der Waals surface area contributed by atoms with Crippen molar-refractivity contribution in [3.05, 3.63) is 336 Å². The van der Waals surface area contributed by atoms with E-state index in [1.54, 1.807) is 78.8 Å². The molecular formula is C116H184N16O7S3. The molecular weight excluding hydrogens is 1830 g/mol. The molecule has 0 fully saturated rings. The highest BCUT2D eigenvalue weighted by Crippen LogP contribution is 2.39. The first-order valence-electron chi connectivity index (χ1n) is 51.0. The summed E-state index contributed by atoms with van der Waals surface area (Å²) in [4.78, 5) is 64.7. The van der Waals surface area contributed by atoms with Crippen molar-refractivity contribution in [2.24, 2.45) is 0 Å². The maximum absolute atomic E-state index is 11.6. The van der Waals surface area contributed by atoms with Gasteiger partial charge >= 0.3 is 0 Å². The molecule has 11 heterocycles. The molecule has 7 aliphatic heterocycles. The maximum Gasteiger partial charge on any atom is 0.265 e. The number of hydrogen-bond donors (Lipinski definition) is 11. The smallest absolute Gasteiger partial charge is 0.265 e. The van der Waals surface area contributed by atoms with Crippen molar-refractivity contribution in [1.29, 1.82) is 0 Å². The molecule has 7 aliphatic rings. The number of carbonyl (C=O) groups excluding carboxylic acids is 4. The molecule has 0 bridgehead atoms. The molecule has 13 aromatic rings. The lowest BCUT2D eigenvalue weighted by molar-refractivity contribution is 0.0877. The van der Waals surface area contributed by atoms with Gasteiger partial charge in [0.25, 0.3) is 23.3 Å². The molecule has 0 aliphatic carbocycles. The van der Waals surface area contributed by atoms with Crippen LogP contribution in [0, 0.1) is 0 Å². The number of carbonyl (C=O) groups is 4. The molecule has 0 spiro atoms. The van der Waals surface area contributed by atoms with E-state index in [4.69, 9.17) is 4.74 Å². The second-order valence-corrected chi connectivity index (χ2v) is 26.1. The van der Waals surface area contributed by atoms with Crippen molar-refractivity contribution in [2.75, 3.05) is 31.9 Å². The average molecular weight is 2010 g/mol. The zero-order valence-corrected chi connectivity index (χ0v) is 96.7. The number of allylic oxidation sites excluding steroid dienone is 2. The van der Waals surface area contributed by atoms with Gasteiger partial charge < -0.3 is 36.6 Å². The molecule has 23 nitrogen and oxygen atoms in total. The molecule has 9 aromatic carbocycles. The molecule has 11 N–H and O–H groups in total. The van der Waals surface area contributed by atoms with E-state index in [9.17, 15) is 28.2 Å². The van der Waals surface area contributed by atoms with Gasteiger partial charge in [0.15, 0.2) is 17.3 Å². The van der Waals surface area contributed by atoms with Crippen LogP contribution >= 0.6 is 23.3 Å². The number of benzene rings is 9. The van der Waals surface area contributed by atoms with Gasteiger partial charge in [0.05, 0.1) is 86.4 Å². The van der Waals surface area contributed by atoms with Crippen molar-refractivity contribution in [1.82, 2.24) is 50.0 Å². The summed E-state index contributed by atoms with van der Waals surface area (Å²) in [5.41, 5.74) is 14.1. The van der Waals surface area contributed by atoms with Crippen LogP contribution in [0.25, 0.3) is 32.2 Å². The number of ether oxygens (including phenoxy) is 1. The number of aromatic amines is 3. The number of hydrogen-bond acceptors (Lipinski definition) is 20. The third-order valence-electron chi connectivity index (χ3n) is 14.9. The topological polar surface area (TPSA) is 320 Å². The fraction of sp³-hybridized carbons (Fsp3) is 0.353. The third kappa shape index (κ3) is 56.1. The molecule has 4 aromatic heterocycles. The van der Waals surface area contributed by atoms with Crippen LogP contribution < -0.4 is 52.2 Å². The minimum absolute atomic E-state index is 0.000556. The van der Waals surface area contributed by atoms with E-state index >= 15 is 0 Å². The second-order valence-electron chi connectivity index (χ2n) is 22.1. The van der Waals surface area contributed by atoms with E-state index in [0.717, 1.165) is 89.2 Å². The molecule has 142 heavy (non-hydrogen) atoms. The summed E-state index contributed by atoms with van der Waals surface area (Å²) in [6.45, 7) is 98.6. The number of imide groups is 1. The monoisotopic (exact) mass is 2010 g/mol. The van der Waals surface area contributed by atoms with Crippen molar-refractivity contribution >= 4 is 129 Å². The van der Waals surface area contributed by atoms with Crippen molar-refractivity contribution < 1.29 is 28.1 Å². The zero-order chi connectivity index (χ0) is 112. The number of anilines is 6. The van der Waals surface area contributed by atoms with Gasteiger partial charge in [0, 0.05) is 40.1 Å². The van der Waals surface area contributed by atoms with Crippen molar-refractivity contribution in [3.63, 3.8) is 0 Å². The second kappa shape index (κ2) is 102. The molecule has 0 saturated heterocycles. The first kappa shape index (κ1) is 149. The SMILES string of the molecule is C=C1Cc2ccccc2N1.C=C1Nc2ccccc2C1=O.C=C1Nc2ccccc2N1.C=C1Nc2ccccc2O1.C=C1Nc2ccccc2S1.C=S1(=O)NC(=O)c2ccccc21.CC.CC.CC.CC.CC.CC.CC.CC.CC.CC.CC.CC.CC.CC.CC.CC.CC.CC.CC.CC.O=C1NC(=O)c2ccccc21.O=c1[nH]sc2ccccc12.c1ccc2n[nH]nc2c1.c1ncc2cn[nH]c2n1. The number of para-hydroxylation sites is 9. The number of thioether (sulfide) groups is 1. The molecule has 3 amide bonds. The molecule has 1 atom stereocenters. The van der Waals surface area contributed by atoms with Crippen LogP contribution in [-0.2, 0) is 16.1 Å². The van der Waals surface area contributed by atoms with Crippen LogP contribution in [0.15, 0.2) is 313 Å². The Kier molecular flexibility index (Phi) is 107. The molecule has 0 saturated carbocycles. The third-order valence-corrected chi connectivity index (χ3v) is 18.2. The van der Waals surface area contributed by atoms with Gasteiger partial charge in [-0.1, -0.05) is 442 Å². The number of H-pyrrole nitrogens is 3. The van der Waals surface area contributed by atoms with E-state index in [1.807, 2.05) is 410 Å². The van der Waals surface area contributed by atoms with Gasteiger partial charge in [0.2, 0.25) is 5.78 Å². The highest BCUT2D eigenvalue weighted by atomic mass is 32.2. The largest absolute Gasteiger partial charge is 0.440 e. The van der Waals surface area contributed by atoms with Crippen LogP contribution in [0.3, 0.4) is 0 Å². The molecule has 26 heteroatoms. The Morgan fingerprint density at radius 1 is 0.373 bits per heavy atom. The quantitative estimate of drug-likeness (QED) is 0.0382. The Hall–Kier alpha value is -13.4. The van der Waals surface area contributed by atoms with Gasteiger partial charge in [-0.25, -0.2) is 14.2 Å². The average Bonchev–Trinajstić information content (AvgIpc) is 1.64. The number of nitrogens with zero attached hydrogens (tertiary/aromatic N) is 5. The number of amides is 3. The lowest BCUT2D eigenvalue weighted by Gasteiger charge is -1.97. The number of rotatable bonds is 0. The number of Topliss-reactive ketones (excluding diaryl/α,β-unsaturated/α-hetero) is 1. The Morgan fingerprint density at radius 2 is 0.782 bits per heavy atom. The minimum atomic E-state index is -2.55. The van der Waals surface area contributed by atoms with Gasteiger partial charge in [-0.2, -0.15) is 20.5 Å². The molecule has 788 valence electrons. The van der Waals surface area contributed by atoms with Gasteiger partial charge in [0.1, 0.15) is 23.2 Å². The summed E-state index contributed by atoms with van der Waals surface area (Å²) in [7, 11) is -2.55.